The minimum absolute atomic E-state index is 0.230. The van der Waals surface area contributed by atoms with E-state index < -0.39 is 0 Å². The van der Waals surface area contributed by atoms with Crippen molar-refractivity contribution >= 4 is 5.91 Å². The Kier molecular flexibility index (Phi) is 6.82. The van der Waals surface area contributed by atoms with Crippen molar-refractivity contribution in [3.63, 3.8) is 0 Å². The van der Waals surface area contributed by atoms with E-state index in [0.29, 0.717) is 0 Å². The van der Waals surface area contributed by atoms with Crippen LogP contribution in [0.3, 0.4) is 0 Å². The van der Waals surface area contributed by atoms with Crippen molar-refractivity contribution in [2.75, 3.05) is 6.54 Å². The van der Waals surface area contributed by atoms with E-state index in [0.717, 1.165) is 25.8 Å². The molecule has 1 N–H and O–H groups in total. The van der Waals surface area contributed by atoms with Crippen molar-refractivity contribution in [3.05, 3.63) is 0 Å². The summed E-state index contributed by atoms with van der Waals surface area (Å²) in [7, 11) is 0. The monoisotopic (exact) mass is 171 g/mol. The molecule has 72 valence electrons. The second kappa shape index (κ2) is 7.14. The molecule has 0 aliphatic carbocycles. The predicted octanol–water partition coefficient (Wildman–Crippen LogP) is 2.34. The Labute approximate surface area is 75.7 Å². The highest BCUT2D eigenvalue weighted by atomic mass is 16.1. The number of hydrogen-bond donors (Lipinski definition) is 1. The third kappa shape index (κ3) is 4.37. The fourth-order valence-corrected chi connectivity index (χ4v) is 1.29. The van der Waals surface area contributed by atoms with Crippen LogP contribution in [0.2, 0.25) is 0 Å². The van der Waals surface area contributed by atoms with Crippen molar-refractivity contribution in [1.29, 1.82) is 0 Å². The van der Waals surface area contributed by atoms with Crippen molar-refractivity contribution in [2.24, 2.45) is 5.92 Å². The van der Waals surface area contributed by atoms with E-state index in [-0.39, 0.29) is 11.8 Å². The Morgan fingerprint density at radius 1 is 1.33 bits per heavy atom. The van der Waals surface area contributed by atoms with Crippen LogP contribution < -0.4 is 5.32 Å². The number of carbonyl (C=O) groups excluding carboxylic acids is 1. The molecule has 0 bridgehead atoms. The van der Waals surface area contributed by atoms with Gasteiger partial charge in [0.25, 0.3) is 0 Å². The van der Waals surface area contributed by atoms with Gasteiger partial charge in [-0.25, -0.2) is 0 Å². The molecular formula is C10H21NO. The van der Waals surface area contributed by atoms with Gasteiger partial charge in [-0.1, -0.05) is 26.7 Å². The van der Waals surface area contributed by atoms with Crippen LogP contribution in [0.25, 0.3) is 0 Å². The lowest BCUT2D eigenvalue weighted by atomic mass is 9.98. The molecule has 12 heavy (non-hydrogen) atoms. The molecule has 0 fully saturated rings. The van der Waals surface area contributed by atoms with Crippen LogP contribution in [0.1, 0.15) is 46.5 Å². The van der Waals surface area contributed by atoms with Gasteiger partial charge in [0.1, 0.15) is 0 Å². The van der Waals surface area contributed by atoms with E-state index in [1.165, 1.54) is 6.42 Å². The molecular weight excluding hydrogens is 150 g/mol. The number of unbranched alkanes of at least 4 members (excludes halogenated alkanes) is 1. The van der Waals surface area contributed by atoms with Crippen LogP contribution in [0, 0.1) is 5.92 Å². The van der Waals surface area contributed by atoms with Crippen molar-refractivity contribution < 1.29 is 4.79 Å². The highest BCUT2D eigenvalue weighted by molar-refractivity contribution is 5.78. The maximum Gasteiger partial charge on any atom is 0.223 e. The molecule has 0 spiro atoms. The fraction of sp³-hybridized carbons (Fsp3) is 0.900. The van der Waals surface area contributed by atoms with Crippen LogP contribution in [0.15, 0.2) is 0 Å². The topological polar surface area (TPSA) is 29.1 Å². The fourth-order valence-electron chi connectivity index (χ4n) is 1.29. The van der Waals surface area contributed by atoms with E-state index in [1.807, 2.05) is 6.92 Å². The van der Waals surface area contributed by atoms with Gasteiger partial charge in [0.05, 0.1) is 0 Å². The van der Waals surface area contributed by atoms with Crippen LogP contribution in [0.5, 0.6) is 0 Å². The molecule has 0 aliphatic rings. The minimum atomic E-state index is 0.230. The molecule has 0 aromatic rings. The van der Waals surface area contributed by atoms with E-state index in [1.54, 1.807) is 0 Å². The standard InChI is InChI=1S/C10H21NO/c1-4-7-8-9(5-2)10(12)11-6-3/h9H,4-8H2,1-3H3,(H,11,12)/t9-/m1/s1. The average molecular weight is 171 g/mol. The first-order valence-corrected chi connectivity index (χ1v) is 5.03. The lowest BCUT2D eigenvalue weighted by Gasteiger charge is -2.12. The summed E-state index contributed by atoms with van der Waals surface area (Å²) < 4.78 is 0. The van der Waals surface area contributed by atoms with E-state index in [4.69, 9.17) is 0 Å². The Bertz CT molecular complexity index is 123. The summed E-state index contributed by atoms with van der Waals surface area (Å²) in [5.74, 6) is 0.471. The lowest BCUT2D eigenvalue weighted by molar-refractivity contribution is -0.125. The second-order valence-corrected chi connectivity index (χ2v) is 3.14. The summed E-state index contributed by atoms with van der Waals surface area (Å²) in [6, 6.07) is 0. The zero-order valence-corrected chi connectivity index (χ0v) is 8.52. The van der Waals surface area contributed by atoms with Gasteiger partial charge in [0, 0.05) is 12.5 Å². The highest BCUT2D eigenvalue weighted by Crippen LogP contribution is 2.12. The van der Waals surface area contributed by atoms with Gasteiger partial charge >= 0.3 is 0 Å². The van der Waals surface area contributed by atoms with Crippen LogP contribution in [-0.2, 0) is 4.79 Å². The Morgan fingerprint density at radius 3 is 2.42 bits per heavy atom. The third-order valence-corrected chi connectivity index (χ3v) is 2.12. The Balaban J connectivity index is 3.71. The zero-order chi connectivity index (χ0) is 9.40. The highest BCUT2D eigenvalue weighted by Gasteiger charge is 2.13. The van der Waals surface area contributed by atoms with Crippen LogP contribution in [0.4, 0.5) is 0 Å². The first kappa shape index (κ1) is 11.5. The summed E-state index contributed by atoms with van der Waals surface area (Å²) in [4.78, 5) is 11.4. The van der Waals surface area contributed by atoms with Gasteiger partial charge in [-0.3, -0.25) is 4.79 Å². The van der Waals surface area contributed by atoms with Crippen molar-refractivity contribution in [3.8, 4) is 0 Å². The molecule has 1 amide bonds. The Hall–Kier alpha value is -0.530. The summed E-state index contributed by atoms with van der Waals surface area (Å²) in [6.45, 7) is 6.95. The van der Waals surface area contributed by atoms with E-state index >= 15 is 0 Å². The second-order valence-electron chi connectivity index (χ2n) is 3.14. The number of rotatable bonds is 6. The molecule has 0 aromatic heterocycles. The minimum Gasteiger partial charge on any atom is -0.356 e. The first-order chi connectivity index (χ1) is 5.76. The summed E-state index contributed by atoms with van der Waals surface area (Å²) in [6.07, 6.45) is 4.34. The van der Waals surface area contributed by atoms with Crippen LogP contribution in [-0.4, -0.2) is 12.5 Å². The molecule has 2 heteroatoms. The molecule has 0 saturated heterocycles. The summed E-state index contributed by atoms with van der Waals surface area (Å²) >= 11 is 0. The SMILES string of the molecule is CCCC[C@@H](CC)C(=O)NCC. The van der Waals surface area contributed by atoms with Gasteiger partial charge in [0.2, 0.25) is 5.91 Å². The molecule has 0 aromatic carbocycles. The third-order valence-electron chi connectivity index (χ3n) is 2.12. The number of carbonyl (C=O) groups is 1. The smallest absolute Gasteiger partial charge is 0.223 e. The predicted molar refractivity (Wildman–Crippen MR) is 52.0 cm³/mol. The van der Waals surface area contributed by atoms with Crippen molar-refractivity contribution in [1.82, 2.24) is 5.32 Å². The average Bonchev–Trinajstić information content (AvgIpc) is 2.06. The molecule has 1 atom stereocenters. The molecule has 2 nitrogen and oxygen atoms in total. The van der Waals surface area contributed by atoms with Gasteiger partial charge in [-0.05, 0) is 19.8 Å². The normalized spacial score (nSPS) is 12.6. The zero-order valence-electron chi connectivity index (χ0n) is 8.52. The maximum absolute atomic E-state index is 11.4. The molecule has 0 radical (unpaired) electrons. The molecule has 0 unspecified atom stereocenters. The number of hydrogen-bond acceptors (Lipinski definition) is 1. The molecule has 0 aliphatic heterocycles. The summed E-state index contributed by atoms with van der Waals surface area (Å²) in [5.41, 5.74) is 0. The van der Waals surface area contributed by atoms with Gasteiger partial charge < -0.3 is 5.32 Å². The van der Waals surface area contributed by atoms with Crippen molar-refractivity contribution in [2.45, 2.75) is 46.5 Å². The van der Waals surface area contributed by atoms with E-state index in [9.17, 15) is 4.79 Å². The molecule has 0 saturated carbocycles. The maximum atomic E-state index is 11.4. The van der Waals surface area contributed by atoms with E-state index in [2.05, 4.69) is 19.2 Å². The summed E-state index contributed by atoms with van der Waals surface area (Å²) in [5, 5.41) is 2.87. The molecule has 0 heterocycles. The first-order valence-electron chi connectivity index (χ1n) is 5.03. The molecule has 0 rings (SSSR count). The largest absolute Gasteiger partial charge is 0.356 e. The van der Waals surface area contributed by atoms with Gasteiger partial charge in [-0.2, -0.15) is 0 Å². The van der Waals surface area contributed by atoms with Crippen LogP contribution >= 0.6 is 0 Å². The quantitative estimate of drug-likeness (QED) is 0.653. The Morgan fingerprint density at radius 2 is 2.00 bits per heavy atom. The lowest BCUT2D eigenvalue weighted by Crippen LogP contribution is -2.30. The number of amides is 1. The van der Waals surface area contributed by atoms with Gasteiger partial charge in [-0.15, -0.1) is 0 Å². The van der Waals surface area contributed by atoms with Gasteiger partial charge in [0.15, 0.2) is 0 Å². The number of nitrogens with one attached hydrogen (secondary N) is 1.